The summed E-state index contributed by atoms with van der Waals surface area (Å²) in [7, 11) is 0. The molecule has 6 aromatic carbocycles. The van der Waals surface area contributed by atoms with Gasteiger partial charge in [-0.3, -0.25) is 0 Å². The Bertz CT molecular complexity index is 2200. The lowest BCUT2D eigenvalue weighted by Gasteiger charge is -2.50. The zero-order chi connectivity index (χ0) is 33.1. The summed E-state index contributed by atoms with van der Waals surface area (Å²) in [5, 5.41) is 0. The fourth-order valence-electron chi connectivity index (χ4n) is 8.74. The molecule has 49 heavy (non-hydrogen) atoms. The number of hydrogen-bond donors (Lipinski definition) is 0. The number of halogens is 1. The quantitative estimate of drug-likeness (QED) is 0.174. The number of allylic oxidation sites excluding steroid dienone is 1. The van der Waals surface area contributed by atoms with E-state index in [1.165, 1.54) is 56.1 Å². The summed E-state index contributed by atoms with van der Waals surface area (Å²) in [6.45, 7) is 4.74. The molecule has 0 aromatic heterocycles. The lowest BCUT2D eigenvalue weighted by Crippen LogP contribution is -2.58. The van der Waals surface area contributed by atoms with Crippen molar-refractivity contribution in [3.63, 3.8) is 0 Å². The summed E-state index contributed by atoms with van der Waals surface area (Å²) in [6, 6.07) is 53.2. The first kappa shape index (κ1) is 29.6. The van der Waals surface area contributed by atoms with E-state index >= 15 is 0 Å². The van der Waals surface area contributed by atoms with Crippen LogP contribution in [0.2, 0.25) is 0 Å². The Kier molecular flexibility index (Phi) is 7.16. The third kappa shape index (κ3) is 4.79. The van der Waals surface area contributed by atoms with Gasteiger partial charge in [-0.1, -0.05) is 91.3 Å². The third-order valence-electron chi connectivity index (χ3n) is 10.7. The maximum absolute atomic E-state index is 14.3. The van der Waals surface area contributed by atoms with Gasteiger partial charge in [0.15, 0.2) is 0 Å². The number of fused-ring (bicyclic) bond motifs is 3. The highest BCUT2D eigenvalue weighted by atomic mass is 19.1. The molecule has 9 rings (SSSR count). The van der Waals surface area contributed by atoms with Gasteiger partial charge < -0.3 is 14.7 Å². The first-order valence-corrected chi connectivity index (χ1v) is 17.3. The summed E-state index contributed by atoms with van der Waals surface area (Å²) in [4.78, 5) is 7.46. The molecular weight excluding hydrogens is 600 g/mol. The number of benzene rings is 6. The number of anilines is 7. The van der Waals surface area contributed by atoms with Crippen LogP contribution < -0.4 is 25.6 Å². The van der Waals surface area contributed by atoms with Gasteiger partial charge >= 0.3 is 0 Å². The molecule has 0 saturated carbocycles. The van der Waals surface area contributed by atoms with E-state index in [-0.39, 0.29) is 24.5 Å². The topological polar surface area (TPSA) is 9.72 Å². The molecule has 2 atom stereocenters. The van der Waals surface area contributed by atoms with Gasteiger partial charge in [-0.25, -0.2) is 4.39 Å². The van der Waals surface area contributed by atoms with Crippen molar-refractivity contribution in [3.8, 4) is 0 Å². The minimum absolute atomic E-state index is 0.144. The molecule has 2 unspecified atom stereocenters. The highest BCUT2D eigenvalue weighted by Crippen LogP contribution is 2.50. The lowest BCUT2D eigenvalue weighted by atomic mass is 9.30. The predicted molar refractivity (Wildman–Crippen MR) is 204 cm³/mol. The number of aryl methyl sites for hydroxylation is 1. The van der Waals surface area contributed by atoms with Crippen LogP contribution in [-0.4, -0.2) is 12.8 Å². The van der Waals surface area contributed by atoms with Crippen LogP contribution in [0, 0.1) is 18.7 Å². The summed E-state index contributed by atoms with van der Waals surface area (Å²) >= 11 is 0. The third-order valence-corrected chi connectivity index (χ3v) is 10.7. The SMILES string of the molecule is Cc1ccccc1N(c1ccc(F)cc1)C1CC2=C(B3c4ccccc4N(c4ccccc4)c4cccc(c43)N2c2ccccc2)C(C)C1. The molecular formula is C44H37BFN3. The summed E-state index contributed by atoms with van der Waals surface area (Å²) in [5.74, 6) is 0.0698. The van der Waals surface area contributed by atoms with Crippen molar-refractivity contribution in [2.75, 3.05) is 14.7 Å². The molecule has 2 aliphatic heterocycles. The van der Waals surface area contributed by atoms with Crippen molar-refractivity contribution in [2.45, 2.75) is 32.7 Å². The summed E-state index contributed by atoms with van der Waals surface area (Å²) < 4.78 is 14.3. The molecule has 2 heterocycles. The van der Waals surface area contributed by atoms with E-state index in [4.69, 9.17) is 0 Å². The maximum Gasteiger partial charge on any atom is 0.247 e. The molecule has 5 heteroatoms. The molecule has 0 saturated heterocycles. The zero-order valence-corrected chi connectivity index (χ0v) is 27.8. The molecule has 238 valence electrons. The highest BCUT2D eigenvalue weighted by Gasteiger charge is 2.48. The van der Waals surface area contributed by atoms with Crippen molar-refractivity contribution in [2.24, 2.45) is 5.92 Å². The smallest absolute Gasteiger partial charge is 0.247 e. The van der Waals surface area contributed by atoms with Crippen molar-refractivity contribution < 1.29 is 4.39 Å². The maximum atomic E-state index is 14.3. The minimum Gasteiger partial charge on any atom is -0.338 e. The van der Waals surface area contributed by atoms with Crippen molar-refractivity contribution in [1.82, 2.24) is 0 Å². The summed E-state index contributed by atoms with van der Waals surface area (Å²) in [5.41, 5.74) is 15.0. The first-order chi connectivity index (χ1) is 24.1. The van der Waals surface area contributed by atoms with Crippen LogP contribution >= 0.6 is 0 Å². The Balaban J connectivity index is 1.28. The molecule has 6 aromatic rings. The number of nitrogens with zero attached hydrogens (tertiary/aromatic N) is 3. The second-order valence-corrected chi connectivity index (χ2v) is 13.6. The molecule has 0 amide bonds. The van der Waals surface area contributed by atoms with Gasteiger partial charge in [-0.05, 0) is 109 Å². The van der Waals surface area contributed by atoms with E-state index in [0.29, 0.717) is 0 Å². The molecule has 0 N–H and O–H groups in total. The number of rotatable bonds is 5. The standard InChI is InChI=1S/C44H37BFN3/c1-30-14-9-11-20-38(30)47(35-26-24-32(46)25-27-35)36-28-31(2)43-42(29-36)49(34-17-7-4-8-18-34)41-23-13-22-40-44(41)45(43)37-19-10-12-21-39(37)48(40)33-15-5-3-6-16-33/h3-27,31,36H,28-29H2,1-2H3. The highest BCUT2D eigenvalue weighted by molar-refractivity contribution is 6.95. The fraction of sp³-hybridized carbons (Fsp3) is 0.136. The second kappa shape index (κ2) is 11.9. The first-order valence-electron chi connectivity index (χ1n) is 17.3. The molecule has 3 aliphatic rings. The van der Waals surface area contributed by atoms with Gasteiger partial charge in [0.05, 0.1) is 0 Å². The van der Waals surface area contributed by atoms with Gasteiger partial charge in [0, 0.05) is 58.0 Å². The van der Waals surface area contributed by atoms with E-state index in [9.17, 15) is 4.39 Å². The van der Waals surface area contributed by atoms with Gasteiger partial charge in [-0.2, -0.15) is 0 Å². The average Bonchev–Trinajstić information content (AvgIpc) is 3.14. The second-order valence-electron chi connectivity index (χ2n) is 13.6. The van der Waals surface area contributed by atoms with E-state index in [1.54, 1.807) is 12.1 Å². The van der Waals surface area contributed by atoms with Crippen LogP contribution in [0.25, 0.3) is 0 Å². The summed E-state index contributed by atoms with van der Waals surface area (Å²) in [6.07, 6.45) is 1.83. The Labute approximate surface area is 288 Å². The fourth-order valence-corrected chi connectivity index (χ4v) is 8.74. The van der Waals surface area contributed by atoms with Gasteiger partial charge in [-0.15, -0.1) is 0 Å². The Hall–Kier alpha value is -5.55. The van der Waals surface area contributed by atoms with E-state index in [0.717, 1.165) is 24.2 Å². The van der Waals surface area contributed by atoms with Crippen LogP contribution in [-0.2, 0) is 0 Å². The molecule has 0 radical (unpaired) electrons. The molecule has 0 spiro atoms. The van der Waals surface area contributed by atoms with Crippen LogP contribution in [0.4, 0.5) is 44.2 Å². The number of para-hydroxylation sites is 4. The molecule has 3 nitrogen and oxygen atoms in total. The zero-order valence-electron chi connectivity index (χ0n) is 27.8. The molecule has 1 aliphatic carbocycles. The van der Waals surface area contributed by atoms with Crippen LogP contribution in [0.1, 0.15) is 25.3 Å². The van der Waals surface area contributed by atoms with E-state index in [2.05, 4.69) is 156 Å². The van der Waals surface area contributed by atoms with Crippen LogP contribution in [0.5, 0.6) is 0 Å². The van der Waals surface area contributed by atoms with Crippen LogP contribution in [0.3, 0.4) is 0 Å². The van der Waals surface area contributed by atoms with Crippen molar-refractivity contribution >= 4 is 57.5 Å². The van der Waals surface area contributed by atoms with Crippen molar-refractivity contribution in [1.29, 1.82) is 0 Å². The molecule has 0 fully saturated rings. The average molecular weight is 638 g/mol. The monoisotopic (exact) mass is 637 g/mol. The lowest BCUT2D eigenvalue weighted by molar-refractivity contribution is 0.475. The van der Waals surface area contributed by atoms with E-state index in [1.807, 2.05) is 12.1 Å². The van der Waals surface area contributed by atoms with Crippen molar-refractivity contribution in [3.05, 3.63) is 174 Å². The Morgan fingerprint density at radius 3 is 1.94 bits per heavy atom. The van der Waals surface area contributed by atoms with E-state index < -0.39 is 0 Å². The predicted octanol–water partition coefficient (Wildman–Crippen LogP) is 10.1. The normalized spacial score (nSPS) is 17.7. The van der Waals surface area contributed by atoms with Gasteiger partial charge in [0.2, 0.25) is 6.71 Å². The largest absolute Gasteiger partial charge is 0.338 e. The Morgan fingerprint density at radius 1 is 0.633 bits per heavy atom. The molecule has 0 bridgehead atoms. The minimum atomic E-state index is -0.217. The number of hydrogen-bond acceptors (Lipinski definition) is 3. The van der Waals surface area contributed by atoms with Gasteiger partial charge in [0.1, 0.15) is 5.82 Å². The van der Waals surface area contributed by atoms with Crippen LogP contribution in [0.15, 0.2) is 163 Å². The van der Waals surface area contributed by atoms with Gasteiger partial charge in [0.25, 0.3) is 0 Å². The Morgan fingerprint density at radius 2 is 1.22 bits per heavy atom.